The Morgan fingerprint density at radius 2 is 2.06 bits per heavy atom. The molecule has 0 fully saturated rings. The summed E-state index contributed by atoms with van der Waals surface area (Å²) in [4.78, 5) is 11.1. The van der Waals surface area contributed by atoms with E-state index in [9.17, 15) is 4.79 Å². The van der Waals surface area contributed by atoms with Gasteiger partial charge in [-0.1, -0.05) is 26.8 Å². The second-order valence-corrected chi connectivity index (χ2v) is 5.71. The molecule has 0 saturated carbocycles. The van der Waals surface area contributed by atoms with Gasteiger partial charge in [-0.15, -0.1) is 0 Å². The number of hydrogen-bond acceptors (Lipinski definition) is 2. The van der Waals surface area contributed by atoms with Crippen LogP contribution in [0.3, 0.4) is 0 Å². The van der Waals surface area contributed by atoms with Crippen molar-refractivity contribution >= 4 is 21.8 Å². The van der Waals surface area contributed by atoms with E-state index in [1.807, 2.05) is 18.2 Å². The molecular weight excluding hydrogens is 282 g/mol. The van der Waals surface area contributed by atoms with Crippen LogP contribution in [-0.2, 0) is 10.2 Å². The van der Waals surface area contributed by atoms with Gasteiger partial charge in [0, 0.05) is 7.05 Å². The van der Waals surface area contributed by atoms with Crippen molar-refractivity contribution in [3.63, 3.8) is 0 Å². The summed E-state index contributed by atoms with van der Waals surface area (Å²) in [5.41, 5.74) is 1.32. The Morgan fingerprint density at radius 3 is 2.53 bits per heavy atom. The van der Waals surface area contributed by atoms with E-state index in [0.29, 0.717) is 5.75 Å². The lowest BCUT2D eigenvalue weighted by molar-refractivity contribution is -0.122. The first-order valence-corrected chi connectivity index (χ1v) is 6.27. The third-order valence-electron chi connectivity index (χ3n) is 2.44. The number of hydrogen-bond donors (Lipinski definition) is 1. The van der Waals surface area contributed by atoms with Crippen molar-refractivity contribution in [2.75, 3.05) is 13.7 Å². The molecule has 4 heteroatoms. The summed E-state index contributed by atoms with van der Waals surface area (Å²) in [6.07, 6.45) is 0. The van der Waals surface area contributed by atoms with Crippen LogP contribution in [-0.4, -0.2) is 19.6 Å². The van der Waals surface area contributed by atoms with Crippen LogP contribution < -0.4 is 10.1 Å². The molecule has 0 bridgehead atoms. The van der Waals surface area contributed by atoms with Crippen molar-refractivity contribution < 1.29 is 9.53 Å². The van der Waals surface area contributed by atoms with Crippen molar-refractivity contribution in [3.05, 3.63) is 28.2 Å². The fourth-order valence-corrected chi connectivity index (χ4v) is 1.79. The molecule has 0 atom stereocenters. The Hall–Kier alpha value is -1.03. The van der Waals surface area contributed by atoms with Gasteiger partial charge in [0.05, 0.1) is 4.47 Å². The smallest absolute Gasteiger partial charge is 0.257 e. The van der Waals surface area contributed by atoms with E-state index in [2.05, 4.69) is 42.0 Å². The Kier molecular flexibility index (Phi) is 4.57. The minimum atomic E-state index is -0.142. The van der Waals surface area contributed by atoms with Gasteiger partial charge in [0.15, 0.2) is 6.61 Å². The van der Waals surface area contributed by atoms with Crippen LogP contribution in [0.2, 0.25) is 0 Å². The van der Waals surface area contributed by atoms with E-state index in [1.165, 1.54) is 5.56 Å². The molecule has 17 heavy (non-hydrogen) atoms. The first kappa shape index (κ1) is 14.0. The third-order valence-corrected chi connectivity index (χ3v) is 3.06. The summed E-state index contributed by atoms with van der Waals surface area (Å²) in [5.74, 6) is 0.540. The molecule has 0 radical (unpaired) electrons. The quantitative estimate of drug-likeness (QED) is 0.932. The molecule has 1 rings (SSSR count). The van der Waals surface area contributed by atoms with E-state index in [0.717, 1.165) is 4.47 Å². The van der Waals surface area contributed by atoms with Crippen LogP contribution in [0, 0.1) is 0 Å². The number of rotatable bonds is 3. The van der Waals surface area contributed by atoms with E-state index in [1.54, 1.807) is 7.05 Å². The number of likely N-dealkylation sites (N-methyl/N-ethyl adjacent to an activating group) is 1. The molecule has 0 spiro atoms. The summed E-state index contributed by atoms with van der Waals surface area (Å²) in [6, 6.07) is 5.93. The van der Waals surface area contributed by atoms with Crippen LogP contribution in [0.4, 0.5) is 0 Å². The molecule has 0 aromatic heterocycles. The number of halogens is 1. The van der Waals surface area contributed by atoms with Crippen molar-refractivity contribution in [2.45, 2.75) is 26.2 Å². The summed E-state index contributed by atoms with van der Waals surface area (Å²) < 4.78 is 6.27. The highest BCUT2D eigenvalue weighted by molar-refractivity contribution is 9.10. The predicted octanol–water partition coefficient (Wildman–Crippen LogP) is 2.87. The first-order chi connectivity index (χ1) is 7.84. The standard InChI is InChI=1S/C13H18BrNO2/c1-13(2,3)9-5-6-11(10(14)7-9)17-8-12(16)15-4/h5-7H,8H2,1-4H3,(H,15,16). The normalized spacial score (nSPS) is 11.1. The summed E-state index contributed by atoms with van der Waals surface area (Å²) >= 11 is 3.45. The Bertz CT molecular complexity index is 410. The number of ether oxygens (including phenoxy) is 1. The molecular formula is C13H18BrNO2. The third kappa shape index (κ3) is 4.04. The summed E-state index contributed by atoms with van der Waals surface area (Å²) in [7, 11) is 1.59. The predicted molar refractivity (Wildman–Crippen MR) is 72.4 cm³/mol. The Labute approximate surface area is 111 Å². The van der Waals surface area contributed by atoms with Crippen molar-refractivity contribution in [2.24, 2.45) is 0 Å². The van der Waals surface area contributed by atoms with Crippen LogP contribution in [0.15, 0.2) is 22.7 Å². The van der Waals surface area contributed by atoms with Gasteiger partial charge >= 0.3 is 0 Å². The maximum absolute atomic E-state index is 11.1. The molecule has 1 N–H and O–H groups in total. The lowest BCUT2D eigenvalue weighted by Crippen LogP contribution is -2.24. The fourth-order valence-electron chi connectivity index (χ4n) is 1.30. The fraction of sp³-hybridized carbons (Fsp3) is 0.462. The van der Waals surface area contributed by atoms with Crippen molar-refractivity contribution in [3.8, 4) is 5.75 Å². The molecule has 1 aromatic rings. The maximum atomic E-state index is 11.1. The average Bonchev–Trinajstić information content (AvgIpc) is 2.25. The van der Waals surface area contributed by atoms with Crippen LogP contribution in [0.25, 0.3) is 0 Å². The zero-order valence-electron chi connectivity index (χ0n) is 10.6. The van der Waals surface area contributed by atoms with Crippen LogP contribution >= 0.6 is 15.9 Å². The molecule has 0 saturated heterocycles. The molecule has 0 aliphatic rings. The number of benzene rings is 1. The first-order valence-electron chi connectivity index (χ1n) is 5.48. The lowest BCUT2D eigenvalue weighted by Gasteiger charge is -2.20. The van der Waals surface area contributed by atoms with Crippen molar-refractivity contribution in [1.29, 1.82) is 0 Å². The van der Waals surface area contributed by atoms with E-state index >= 15 is 0 Å². The summed E-state index contributed by atoms with van der Waals surface area (Å²) in [5, 5.41) is 2.51. The molecule has 0 heterocycles. The van der Waals surface area contributed by atoms with Gasteiger partial charge in [0.2, 0.25) is 0 Å². The molecule has 0 aliphatic carbocycles. The second-order valence-electron chi connectivity index (χ2n) is 4.86. The number of amides is 1. The molecule has 0 aliphatic heterocycles. The minimum absolute atomic E-state index is 0.0317. The molecule has 1 aromatic carbocycles. The zero-order chi connectivity index (χ0) is 13.1. The number of nitrogens with one attached hydrogen (secondary N) is 1. The molecule has 0 unspecified atom stereocenters. The van der Waals surface area contributed by atoms with Gasteiger partial charge in [0.25, 0.3) is 5.91 Å². The highest BCUT2D eigenvalue weighted by atomic mass is 79.9. The van der Waals surface area contributed by atoms with Crippen LogP contribution in [0.1, 0.15) is 26.3 Å². The lowest BCUT2D eigenvalue weighted by atomic mass is 9.87. The van der Waals surface area contributed by atoms with Gasteiger partial charge in [-0.05, 0) is 39.0 Å². The Balaban J connectivity index is 2.80. The van der Waals surface area contributed by atoms with E-state index in [-0.39, 0.29) is 17.9 Å². The molecule has 1 amide bonds. The van der Waals surface area contributed by atoms with Gasteiger partial charge in [-0.25, -0.2) is 0 Å². The van der Waals surface area contributed by atoms with E-state index < -0.39 is 0 Å². The molecule has 3 nitrogen and oxygen atoms in total. The average molecular weight is 300 g/mol. The van der Waals surface area contributed by atoms with Crippen molar-refractivity contribution in [1.82, 2.24) is 5.32 Å². The zero-order valence-corrected chi connectivity index (χ0v) is 12.2. The minimum Gasteiger partial charge on any atom is -0.483 e. The number of carbonyl (C=O) groups is 1. The Morgan fingerprint density at radius 1 is 1.41 bits per heavy atom. The van der Waals surface area contributed by atoms with Gasteiger partial charge in [-0.2, -0.15) is 0 Å². The largest absolute Gasteiger partial charge is 0.483 e. The van der Waals surface area contributed by atoms with Gasteiger partial charge in [0.1, 0.15) is 5.75 Å². The topological polar surface area (TPSA) is 38.3 Å². The monoisotopic (exact) mass is 299 g/mol. The maximum Gasteiger partial charge on any atom is 0.257 e. The highest BCUT2D eigenvalue weighted by Gasteiger charge is 2.15. The van der Waals surface area contributed by atoms with Gasteiger partial charge < -0.3 is 10.1 Å². The highest BCUT2D eigenvalue weighted by Crippen LogP contribution is 2.31. The van der Waals surface area contributed by atoms with E-state index in [4.69, 9.17) is 4.74 Å². The number of carbonyl (C=O) groups excluding carboxylic acids is 1. The van der Waals surface area contributed by atoms with Crippen LogP contribution in [0.5, 0.6) is 5.75 Å². The molecule has 94 valence electrons. The SMILES string of the molecule is CNC(=O)COc1ccc(C(C)(C)C)cc1Br. The van der Waals surface area contributed by atoms with Gasteiger partial charge in [-0.3, -0.25) is 4.79 Å². The second kappa shape index (κ2) is 5.54. The summed E-state index contributed by atoms with van der Waals surface area (Å²) in [6.45, 7) is 6.49.